The Labute approximate surface area is 118 Å². The minimum absolute atomic E-state index is 0.115. The topological polar surface area (TPSA) is 98.7 Å². The van der Waals surface area contributed by atoms with Crippen LogP contribution in [0, 0.1) is 5.92 Å². The van der Waals surface area contributed by atoms with Crippen LogP contribution in [0.5, 0.6) is 0 Å². The van der Waals surface area contributed by atoms with E-state index in [-0.39, 0.29) is 13.1 Å². The van der Waals surface area contributed by atoms with Crippen LogP contribution < -0.4 is 10.6 Å². The number of urea groups is 1. The molecule has 1 unspecified atom stereocenters. The minimum Gasteiger partial charge on any atom is -0.391 e. The molecule has 0 aromatic heterocycles. The molecule has 1 aliphatic heterocycles. The van der Waals surface area contributed by atoms with Gasteiger partial charge in [-0.1, -0.05) is 13.8 Å². The van der Waals surface area contributed by atoms with Crippen molar-refractivity contribution in [2.24, 2.45) is 5.92 Å². The lowest BCUT2D eigenvalue weighted by molar-refractivity contribution is -0.134. The molecule has 0 radical (unpaired) electrons. The maximum absolute atomic E-state index is 11.9. The van der Waals surface area contributed by atoms with Crippen LogP contribution in [0.3, 0.4) is 0 Å². The summed E-state index contributed by atoms with van der Waals surface area (Å²) in [6, 6.07) is -0.571. The van der Waals surface area contributed by atoms with Crippen molar-refractivity contribution in [3.8, 4) is 0 Å². The second-order valence-corrected chi connectivity index (χ2v) is 6.03. The highest BCUT2D eigenvalue weighted by molar-refractivity contribution is 6.08. The normalized spacial score (nSPS) is 19.2. The van der Waals surface area contributed by atoms with Crippen molar-refractivity contribution in [3.63, 3.8) is 0 Å². The molecular formula is C13H23N3O4. The standard InChI is InChI=1S/C13H23N3O4/c1-8(2)5-9(17)6-14-10(18)7-16-11(19)13(3,4)15-12(16)20/h8-9,17H,5-7H2,1-4H3,(H,14,18)(H,15,20). The number of imide groups is 1. The predicted octanol–water partition coefficient (Wildman–Crippen LogP) is -0.160. The highest BCUT2D eigenvalue weighted by atomic mass is 16.3. The number of aliphatic hydroxyl groups is 1. The number of hydrogen-bond acceptors (Lipinski definition) is 4. The number of hydrogen-bond donors (Lipinski definition) is 3. The third-order valence-corrected chi connectivity index (χ3v) is 3.02. The van der Waals surface area contributed by atoms with Gasteiger partial charge in [-0.25, -0.2) is 4.79 Å². The molecule has 7 heteroatoms. The molecule has 1 rings (SSSR count). The number of amides is 4. The zero-order chi connectivity index (χ0) is 15.5. The molecule has 0 bridgehead atoms. The number of rotatable bonds is 6. The van der Waals surface area contributed by atoms with Gasteiger partial charge in [0.2, 0.25) is 5.91 Å². The first-order valence-corrected chi connectivity index (χ1v) is 6.72. The molecule has 4 amide bonds. The maximum atomic E-state index is 11.9. The average molecular weight is 285 g/mol. The molecule has 0 aromatic rings. The fraction of sp³-hybridized carbons (Fsp3) is 0.769. The van der Waals surface area contributed by atoms with Gasteiger partial charge in [0, 0.05) is 6.54 Å². The molecule has 1 heterocycles. The summed E-state index contributed by atoms with van der Waals surface area (Å²) in [5.41, 5.74) is -0.978. The van der Waals surface area contributed by atoms with Crippen LogP contribution in [0.2, 0.25) is 0 Å². The smallest absolute Gasteiger partial charge is 0.325 e. The van der Waals surface area contributed by atoms with Gasteiger partial charge in [0.05, 0.1) is 6.10 Å². The largest absolute Gasteiger partial charge is 0.391 e. The second kappa shape index (κ2) is 6.21. The van der Waals surface area contributed by atoms with Crippen LogP contribution in [0.15, 0.2) is 0 Å². The number of carbonyl (C=O) groups excluding carboxylic acids is 3. The summed E-state index contributed by atoms with van der Waals surface area (Å²) in [5.74, 6) is -0.567. The third kappa shape index (κ3) is 4.19. The van der Waals surface area contributed by atoms with Crippen molar-refractivity contribution in [1.29, 1.82) is 0 Å². The Kier molecular flexibility index (Phi) is 5.10. The maximum Gasteiger partial charge on any atom is 0.325 e. The van der Waals surface area contributed by atoms with Crippen molar-refractivity contribution in [1.82, 2.24) is 15.5 Å². The highest BCUT2D eigenvalue weighted by Crippen LogP contribution is 2.15. The van der Waals surface area contributed by atoms with Gasteiger partial charge in [-0.3, -0.25) is 14.5 Å². The molecule has 0 saturated carbocycles. The van der Waals surface area contributed by atoms with Crippen molar-refractivity contribution in [2.45, 2.75) is 45.8 Å². The molecule has 3 N–H and O–H groups in total. The van der Waals surface area contributed by atoms with Gasteiger partial charge in [-0.15, -0.1) is 0 Å². The Morgan fingerprint density at radius 1 is 1.40 bits per heavy atom. The first-order valence-electron chi connectivity index (χ1n) is 6.72. The van der Waals surface area contributed by atoms with Gasteiger partial charge in [0.1, 0.15) is 12.1 Å². The lowest BCUT2D eigenvalue weighted by Gasteiger charge is -2.17. The second-order valence-electron chi connectivity index (χ2n) is 6.03. The SMILES string of the molecule is CC(C)CC(O)CNC(=O)CN1C(=O)NC(C)(C)C1=O. The van der Waals surface area contributed by atoms with Crippen LogP contribution in [-0.4, -0.2) is 52.6 Å². The molecule has 20 heavy (non-hydrogen) atoms. The Hall–Kier alpha value is -1.63. The lowest BCUT2D eigenvalue weighted by Crippen LogP contribution is -2.44. The van der Waals surface area contributed by atoms with Crippen LogP contribution in [0.4, 0.5) is 4.79 Å². The Bertz CT molecular complexity index is 406. The Morgan fingerprint density at radius 2 is 2.00 bits per heavy atom. The third-order valence-electron chi connectivity index (χ3n) is 3.02. The summed E-state index contributed by atoms with van der Waals surface area (Å²) in [5, 5.41) is 14.7. The minimum atomic E-state index is -0.978. The van der Waals surface area contributed by atoms with Crippen LogP contribution >= 0.6 is 0 Å². The molecule has 0 aliphatic carbocycles. The fourth-order valence-electron chi connectivity index (χ4n) is 2.02. The van der Waals surface area contributed by atoms with Gasteiger partial charge >= 0.3 is 6.03 Å². The molecule has 7 nitrogen and oxygen atoms in total. The predicted molar refractivity (Wildman–Crippen MR) is 72.8 cm³/mol. The zero-order valence-corrected chi connectivity index (χ0v) is 12.4. The highest BCUT2D eigenvalue weighted by Gasteiger charge is 2.44. The molecule has 0 spiro atoms. The molecule has 1 atom stereocenters. The van der Waals surface area contributed by atoms with Gasteiger partial charge in [0.15, 0.2) is 0 Å². The number of nitrogens with one attached hydrogen (secondary N) is 2. The Balaban J connectivity index is 2.43. The first kappa shape index (κ1) is 16.4. The van der Waals surface area contributed by atoms with E-state index in [0.717, 1.165) is 4.90 Å². The molecule has 1 aliphatic rings. The summed E-state index contributed by atoms with van der Waals surface area (Å²) in [7, 11) is 0. The van der Waals surface area contributed by atoms with Gasteiger partial charge in [-0.2, -0.15) is 0 Å². The van der Waals surface area contributed by atoms with Gasteiger partial charge in [-0.05, 0) is 26.2 Å². The van der Waals surface area contributed by atoms with E-state index in [0.29, 0.717) is 12.3 Å². The molecule has 0 aromatic carbocycles. The number of aliphatic hydroxyl groups excluding tert-OH is 1. The number of carbonyl (C=O) groups is 3. The summed E-state index contributed by atoms with van der Waals surface area (Å²) in [6.45, 7) is 6.89. The van der Waals surface area contributed by atoms with E-state index in [9.17, 15) is 19.5 Å². The van der Waals surface area contributed by atoms with Crippen LogP contribution in [-0.2, 0) is 9.59 Å². The van der Waals surface area contributed by atoms with Crippen molar-refractivity contribution >= 4 is 17.8 Å². The summed E-state index contributed by atoms with van der Waals surface area (Å²) in [6.07, 6.45) is -0.0466. The van der Waals surface area contributed by atoms with Crippen molar-refractivity contribution in [3.05, 3.63) is 0 Å². The van der Waals surface area contributed by atoms with E-state index in [1.165, 1.54) is 0 Å². The van der Waals surface area contributed by atoms with Gasteiger partial charge in [0.25, 0.3) is 5.91 Å². The summed E-state index contributed by atoms with van der Waals surface area (Å²) < 4.78 is 0. The molecule has 1 saturated heterocycles. The summed E-state index contributed by atoms with van der Waals surface area (Å²) >= 11 is 0. The molecule has 114 valence electrons. The van der Waals surface area contributed by atoms with E-state index in [2.05, 4.69) is 10.6 Å². The van der Waals surface area contributed by atoms with E-state index >= 15 is 0 Å². The van der Waals surface area contributed by atoms with Gasteiger partial charge < -0.3 is 15.7 Å². The van der Waals surface area contributed by atoms with E-state index in [1.807, 2.05) is 13.8 Å². The van der Waals surface area contributed by atoms with Crippen molar-refractivity contribution < 1.29 is 19.5 Å². The van der Waals surface area contributed by atoms with E-state index in [1.54, 1.807) is 13.8 Å². The number of nitrogens with zero attached hydrogens (tertiary/aromatic N) is 1. The fourth-order valence-corrected chi connectivity index (χ4v) is 2.02. The average Bonchev–Trinajstić information content (AvgIpc) is 2.48. The van der Waals surface area contributed by atoms with Crippen molar-refractivity contribution in [2.75, 3.05) is 13.1 Å². The van der Waals surface area contributed by atoms with Crippen LogP contribution in [0.25, 0.3) is 0 Å². The zero-order valence-electron chi connectivity index (χ0n) is 12.4. The van der Waals surface area contributed by atoms with Crippen LogP contribution in [0.1, 0.15) is 34.1 Å². The molecular weight excluding hydrogens is 262 g/mol. The lowest BCUT2D eigenvalue weighted by atomic mass is 10.1. The van der Waals surface area contributed by atoms with E-state index < -0.39 is 29.5 Å². The Morgan fingerprint density at radius 3 is 2.45 bits per heavy atom. The van der Waals surface area contributed by atoms with E-state index in [4.69, 9.17) is 0 Å². The first-order chi connectivity index (χ1) is 9.13. The molecule has 1 fully saturated rings. The quantitative estimate of drug-likeness (QED) is 0.591. The monoisotopic (exact) mass is 285 g/mol. The summed E-state index contributed by atoms with van der Waals surface area (Å²) in [4.78, 5) is 36.0.